The van der Waals surface area contributed by atoms with Crippen LogP contribution in [-0.2, 0) is 9.53 Å². The predicted octanol–water partition coefficient (Wildman–Crippen LogP) is 5.58. The van der Waals surface area contributed by atoms with Gasteiger partial charge in [0.15, 0.2) is 5.13 Å². The summed E-state index contributed by atoms with van der Waals surface area (Å²) in [4.78, 5) is 19.8. The number of nitrogens with zero attached hydrogens (tertiary/aromatic N) is 2. The van der Waals surface area contributed by atoms with E-state index in [-0.39, 0.29) is 24.0 Å². The van der Waals surface area contributed by atoms with Gasteiger partial charge >= 0.3 is 0 Å². The van der Waals surface area contributed by atoms with Crippen LogP contribution in [0.2, 0.25) is 0 Å². The number of unbranched alkanes of at least 4 members (excludes halogenated alkanes) is 1. The molecular weight excluding hydrogens is 382 g/mol. The van der Waals surface area contributed by atoms with E-state index in [9.17, 15) is 4.79 Å². The average Bonchev–Trinajstić information content (AvgIpc) is 3.18. The van der Waals surface area contributed by atoms with Crippen molar-refractivity contribution in [3.63, 3.8) is 0 Å². The zero-order valence-corrected chi connectivity index (χ0v) is 18.8. The maximum atomic E-state index is 12.6. The van der Waals surface area contributed by atoms with Gasteiger partial charge in [0.25, 0.3) is 0 Å². The fourth-order valence-corrected chi connectivity index (χ4v) is 4.70. The van der Waals surface area contributed by atoms with Gasteiger partial charge in [-0.2, -0.15) is 0 Å². The van der Waals surface area contributed by atoms with Gasteiger partial charge in [-0.25, -0.2) is 4.98 Å². The summed E-state index contributed by atoms with van der Waals surface area (Å²) in [5, 5.41) is 6.23. The minimum absolute atomic E-state index is 0.0785. The Hall–Kier alpha value is -1.92. The summed E-state index contributed by atoms with van der Waals surface area (Å²) in [7, 11) is 0. The first-order chi connectivity index (χ1) is 14.0. The average molecular weight is 416 g/mol. The lowest BCUT2D eigenvalue weighted by Gasteiger charge is -2.35. The zero-order chi connectivity index (χ0) is 20.8. The number of amides is 1. The molecule has 6 heteroatoms. The second-order valence-corrected chi connectivity index (χ2v) is 8.83. The third-order valence-corrected chi connectivity index (χ3v) is 6.28. The number of aromatic nitrogens is 1. The number of anilines is 2. The molecule has 1 aliphatic heterocycles. The Morgan fingerprint density at radius 3 is 2.76 bits per heavy atom. The molecule has 1 amide bonds. The van der Waals surface area contributed by atoms with E-state index < -0.39 is 0 Å². The first kappa shape index (κ1) is 21.8. The van der Waals surface area contributed by atoms with Gasteiger partial charge in [0.2, 0.25) is 5.91 Å². The number of morpholine rings is 1. The van der Waals surface area contributed by atoms with Gasteiger partial charge in [0, 0.05) is 35.6 Å². The van der Waals surface area contributed by atoms with Crippen LogP contribution in [0.5, 0.6) is 0 Å². The fourth-order valence-electron chi connectivity index (χ4n) is 3.85. The first-order valence-corrected chi connectivity index (χ1v) is 11.6. The van der Waals surface area contributed by atoms with Crippen molar-refractivity contribution in [3.8, 4) is 11.3 Å². The smallest absolute Gasteiger partial charge is 0.227 e. The molecule has 0 bridgehead atoms. The summed E-state index contributed by atoms with van der Waals surface area (Å²) in [5.41, 5.74) is 2.82. The maximum Gasteiger partial charge on any atom is 0.227 e. The second-order valence-electron chi connectivity index (χ2n) is 8.00. The summed E-state index contributed by atoms with van der Waals surface area (Å²) in [5.74, 6) is 0.197. The quantitative estimate of drug-likeness (QED) is 0.612. The highest BCUT2D eigenvalue weighted by Gasteiger charge is 2.24. The molecule has 3 unspecified atom stereocenters. The summed E-state index contributed by atoms with van der Waals surface area (Å²) < 4.78 is 5.83. The molecule has 2 aromatic rings. The molecule has 1 saturated heterocycles. The van der Waals surface area contributed by atoms with Crippen molar-refractivity contribution in [1.82, 2.24) is 4.98 Å². The standard InChI is InChI=1S/C23H33N3O2S/c1-5-7-9-18(6-2)22(27)24-20-11-8-10-19(12-20)21-15-29-23(25-21)26-13-16(3)28-17(4)14-26/h8,10-12,15-18H,5-7,9,13-14H2,1-4H3,(H,24,27). The highest BCUT2D eigenvalue weighted by atomic mass is 32.1. The van der Waals surface area contributed by atoms with Gasteiger partial charge in [-0.1, -0.05) is 38.8 Å². The molecule has 0 radical (unpaired) electrons. The van der Waals surface area contributed by atoms with E-state index in [0.717, 1.165) is 60.8 Å². The molecule has 1 N–H and O–H groups in total. The Bertz CT molecular complexity index is 797. The van der Waals surface area contributed by atoms with Gasteiger partial charge in [-0.15, -0.1) is 11.3 Å². The lowest BCUT2D eigenvalue weighted by Crippen LogP contribution is -2.45. The van der Waals surface area contributed by atoms with E-state index in [4.69, 9.17) is 9.72 Å². The number of benzene rings is 1. The van der Waals surface area contributed by atoms with Crippen LogP contribution >= 0.6 is 11.3 Å². The minimum atomic E-state index is 0.0785. The van der Waals surface area contributed by atoms with Crippen LogP contribution < -0.4 is 10.2 Å². The molecule has 3 atom stereocenters. The van der Waals surface area contributed by atoms with Crippen LogP contribution in [0.25, 0.3) is 11.3 Å². The van der Waals surface area contributed by atoms with Crippen LogP contribution in [0.1, 0.15) is 53.4 Å². The van der Waals surface area contributed by atoms with Gasteiger partial charge in [0.1, 0.15) is 0 Å². The molecule has 0 saturated carbocycles. The van der Waals surface area contributed by atoms with Crippen molar-refractivity contribution in [3.05, 3.63) is 29.6 Å². The van der Waals surface area contributed by atoms with Gasteiger partial charge in [0.05, 0.1) is 17.9 Å². The van der Waals surface area contributed by atoms with E-state index in [0.29, 0.717) is 0 Å². The number of hydrogen-bond donors (Lipinski definition) is 1. The lowest BCUT2D eigenvalue weighted by atomic mass is 9.98. The van der Waals surface area contributed by atoms with Crippen molar-refractivity contribution in [1.29, 1.82) is 0 Å². The van der Waals surface area contributed by atoms with E-state index in [1.165, 1.54) is 0 Å². The summed E-state index contributed by atoms with van der Waals surface area (Å²) in [6.07, 6.45) is 4.45. The normalized spacial score (nSPS) is 20.5. The molecule has 29 heavy (non-hydrogen) atoms. The maximum absolute atomic E-state index is 12.6. The topological polar surface area (TPSA) is 54.5 Å². The summed E-state index contributed by atoms with van der Waals surface area (Å²) in [6.45, 7) is 10.2. The Morgan fingerprint density at radius 1 is 1.31 bits per heavy atom. The highest BCUT2D eigenvalue weighted by molar-refractivity contribution is 7.14. The van der Waals surface area contributed by atoms with E-state index in [1.807, 2.05) is 24.3 Å². The van der Waals surface area contributed by atoms with Crippen LogP contribution in [-0.4, -0.2) is 36.2 Å². The van der Waals surface area contributed by atoms with Gasteiger partial charge < -0.3 is 15.0 Å². The van der Waals surface area contributed by atoms with Crippen molar-refractivity contribution in [2.24, 2.45) is 5.92 Å². The van der Waals surface area contributed by atoms with Crippen molar-refractivity contribution in [2.75, 3.05) is 23.3 Å². The molecule has 1 aromatic heterocycles. The fraction of sp³-hybridized carbons (Fsp3) is 0.565. The molecule has 0 spiro atoms. The van der Waals surface area contributed by atoms with Crippen LogP contribution in [0, 0.1) is 5.92 Å². The number of ether oxygens (including phenoxy) is 1. The zero-order valence-electron chi connectivity index (χ0n) is 18.0. The van der Waals surface area contributed by atoms with Gasteiger partial charge in [-0.3, -0.25) is 4.79 Å². The summed E-state index contributed by atoms with van der Waals surface area (Å²) in [6, 6.07) is 8.00. The van der Waals surface area contributed by atoms with Gasteiger partial charge in [-0.05, 0) is 38.8 Å². The third kappa shape index (κ3) is 5.80. The second kappa shape index (κ2) is 10.2. The number of nitrogens with one attached hydrogen (secondary N) is 1. The van der Waals surface area contributed by atoms with Crippen molar-refractivity contribution < 1.29 is 9.53 Å². The number of carbonyl (C=O) groups excluding carboxylic acids is 1. The predicted molar refractivity (Wildman–Crippen MR) is 122 cm³/mol. The molecular formula is C23H33N3O2S. The number of rotatable bonds is 8. The van der Waals surface area contributed by atoms with E-state index >= 15 is 0 Å². The van der Waals surface area contributed by atoms with E-state index in [1.54, 1.807) is 11.3 Å². The molecule has 5 nitrogen and oxygen atoms in total. The molecule has 3 rings (SSSR count). The Morgan fingerprint density at radius 2 is 2.07 bits per heavy atom. The van der Waals surface area contributed by atoms with Crippen LogP contribution in [0.3, 0.4) is 0 Å². The number of hydrogen-bond acceptors (Lipinski definition) is 5. The number of thiazole rings is 1. The van der Waals surface area contributed by atoms with Crippen LogP contribution in [0.4, 0.5) is 10.8 Å². The number of carbonyl (C=O) groups is 1. The molecule has 1 aliphatic rings. The lowest BCUT2D eigenvalue weighted by molar-refractivity contribution is -0.120. The monoisotopic (exact) mass is 415 g/mol. The highest BCUT2D eigenvalue weighted by Crippen LogP contribution is 2.30. The molecule has 0 aliphatic carbocycles. The van der Waals surface area contributed by atoms with Crippen molar-refractivity contribution >= 4 is 28.1 Å². The van der Waals surface area contributed by atoms with E-state index in [2.05, 4.69) is 43.3 Å². The SMILES string of the molecule is CCCCC(CC)C(=O)Nc1cccc(-c2csc(N3CC(C)OC(C)C3)n2)c1. The molecule has 158 valence electrons. The Labute approximate surface area is 178 Å². The third-order valence-electron chi connectivity index (χ3n) is 5.38. The molecule has 1 aromatic carbocycles. The van der Waals surface area contributed by atoms with Crippen LogP contribution in [0.15, 0.2) is 29.6 Å². The first-order valence-electron chi connectivity index (χ1n) is 10.8. The molecule has 2 heterocycles. The summed E-state index contributed by atoms with van der Waals surface area (Å²) >= 11 is 1.66. The Kier molecular flexibility index (Phi) is 7.67. The largest absolute Gasteiger partial charge is 0.372 e. The molecule has 1 fully saturated rings. The van der Waals surface area contributed by atoms with Crippen molar-refractivity contribution in [2.45, 2.75) is 65.6 Å². The minimum Gasteiger partial charge on any atom is -0.372 e. The Balaban J connectivity index is 1.70.